The number of nitrogens with zero attached hydrogens (tertiary/aromatic N) is 1. The Bertz CT molecular complexity index is 1140. The summed E-state index contributed by atoms with van der Waals surface area (Å²) in [6.45, 7) is 0.303. The molecule has 1 N–H and O–H groups in total. The summed E-state index contributed by atoms with van der Waals surface area (Å²) < 4.78 is 16.0. The van der Waals surface area contributed by atoms with E-state index in [-0.39, 0.29) is 25.0 Å². The second-order valence-electron chi connectivity index (χ2n) is 9.02. The fourth-order valence-corrected chi connectivity index (χ4v) is 6.61. The van der Waals surface area contributed by atoms with E-state index in [0.717, 1.165) is 10.6 Å². The molecule has 3 atom stereocenters. The molecule has 0 bridgehead atoms. The van der Waals surface area contributed by atoms with Gasteiger partial charge < -0.3 is 24.2 Å². The number of aliphatic hydroxyl groups is 1. The molecule has 1 amide bonds. The Morgan fingerprint density at radius 3 is 2.47 bits per heavy atom. The van der Waals surface area contributed by atoms with Gasteiger partial charge >= 0.3 is 5.97 Å². The maximum absolute atomic E-state index is 13.6. The van der Waals surface area contributed by atoms with Crippen LogP contribution in [0.25, 0.3) is 0 Å². The van der Waals surface area contributed by atoms with Crippen LogP contribution in [0, 0.1) is 5.41 Å². The van der Waals surface area contributed by atoms with E-state index in [1.54, 1.807) is 34.9 Å². The largest absolute Gasteiger partial charge is 0.493 e. The summed E-state index contributed by atoms with van der Waals surface area (Å²) >= 11 is 1.67. The first-order valence-corrected chi connectivity index (χ1v) is 12.8. The van der Waals surface area contributed by atoms with Gasteiger partial charge in [0.05, 0.1) is 26.9 Å². The number of methoxy groups -OCH3 is 3. The van der Waals surface area contributed by atoms with Gasteiger partial charge in [-0.1, -0.05) is 24.3 Å². The Hall–Kier alpha value is -3.04. The van der Waals surface area contributed by atoms with Crippen molar-refractivity contribution in [2.24, 2.45) is 5.41 Å². The molecule has 0 aromatic heterocycles. The number of carbonyl (C=O) groups excluding carboxylic acids is 3. The van der Waals surface area contributed by atoms with E-state index in [1.807, 2.05) is 30.3 Å². The summed E-state index contributed by atoms with van der Waals surface area (Å²) in [6.07, 6.45) is -1.01. The molecule has 1 aliphatic carbocycles. The first-order valence-electron chi connectivity index (χ1n) is 11.9. The number of thioether (sulfide) groups is 1. The number of Topliss-reactive ketones (excluding diaryl/α,β-unsaturated/α-hetero) is 1. The fourth-order valence-electron chi connectivity index (χ4n) is 5.75. The van der Waals surface area contributed by atoms with Crippen LogP contribution in [0.5, 0.6) is 11.5 Å². The monoisotopic (exact) mass is 513 g/mol. The number of aliphatic hydroxyl groups excluding tert-OH is 1. The molecule has 0 unspecified atom stereocenters. The summed E-state index contributed by atoms with van der Waals surface area (Å²) in [5.74, 6) is 0.111. The number of carbonyl (C=O) groups is 3. The SMILES string of the molecule is COC(=O)[C@@]12CC(=O)CC[C@]1(c1ccc(OC)c(OC)c1)N(CCCSc1ccccc1)C(=O)[C@@H]2O. The molecule has 0 spiro atoms. The number of benzene rings is 2. The summed E-state index contributed by atoms with van der Waals surface area (Å²) in [6, 6.07) is 15.1. The molecule has 36 heavy (non-hydrogen) atoms. The molecule has 1 aliphatic heterocycles. The summed E-state index contributed by atoms with van der Waals surface area (Å²) in [7, 11) is 4.24. The molecule has 2 aromatic rings. The minimum atomic E-state index is -1.76. The van der Waals surface area contributed by atoms with Gasteiger partial charge in [-0.05, 0) is 48.4 Å². The Morgan fingerprint density at radius 2 is 1.81 bits per heavy atom. The third-order valence-corrected chi connectivity index (χ3v) is 8.45. The second kappa shape index (κ2) is 10.5. The van der Waals surface area contributed by atoms with Crippen molar-refractivity contribution in [3.05, 3.63) is 54.1 Å². The summed E-state index contributed by atoms with van der Waals surface area (Å²) in [5.41, 5.74) is -2.44. The van der Waals surface area contributed by atoms with Crippen molar-refractivity contribution in [3.8, 4) is 11.5 Å². The lowest BCUT2D eigenvalue weighted by Gasteiger charge is -2.50. The van der Waals surface area contributed by atoms with Crippen LogP contribution < -0.4 is 9.47 Å². The molecule has 0 radical (unpaired) electrons. The molecule has 2 fully saturated rings. The van der Waals surface area contributed by atoms with E-state index in [9.17, 15) is 19.5 Å². The van der Waals surface area contributed by atoms with E-state index < -0.39 is 28.9 Å². The smallest absolute Gasteiger partial charge is 0.318 e. The molecule has 1 heterocycles. The van der Waals surface area contributed by atoms with E-state index in [1.165, 1.54) is 21.3 Å². The first-order chi connectivity index (χ1) is 17.3. The van der Waals surface area contributed by atoms with Crippen LogP contribution in [0.1, 0.15) is 31.2 Å². The molecule has 4 rings (SSSR count). The van der Waals surface area contributed by atoms with Gasteiger partial charge in [-0.15, -0.1) is 11.8 Å². The molecule has 2 aliphatic rings. The molecular formula is C27H31NO7S. The van der Waals surface area contributed by atoms with Gasteiger partial charge in [0.15, 0.2) is 17.6 Å². The molecule has 2 aromatic carbocycles. The number of hydrogen-bond donors (Lipinski definition) is 1. The van der Waals surface area contributed by atoms with Crippen molar-refractivity contribution in [1.29, 1.82) is 0 Å². The molecule has 9 heteroatoms. The lowest BCUT2D eigenvalue weighted by molar-refractivity contribution is -0.174. The molecule has 1 saturated heterocycles. The average molecular weight is 514 g/mol. The highest BCUT2D eigenvalue weighted by atomic mass is 32.2. The maximum atomic E-state index is 13.6. The van der Waals surface area contributed by atoms with Crippen LogP contribution in [0.3, 0.4) is 0 Å². The van der Waals surface area contributed by atoms with E-state index in [0.29, 0.717) is 30.0 Å². The Morgan fingerprint density at radius 1 is 1.08 bits per heavy atom. The minimum Gasteiger partial charge on any atom is -0.493 e. The number of hydrogen-bond acceptors (Lipinski definition) is 8. The van der Waals surface area contributed by atoms with Crippen LogP contribution in [0.15, 0.2) is 53.4 Å². The Kier molecular flexibility index (Phi) is 7.61. The normalized spacial score (nSPS) is 25.4. The standard InChI is InChI=1S/C27H31NO7S/c1-33-21-11-10-18(16-22(21)34-2)27-13-12-19(29)17-26(27,25(32)35-3)23(30)24(31)28(27)14-7-15-36-20-8-5-4-6-9-20/h4-6,8-11,16,23,30H,7,12-15,17H2,1-3H3/t23-,26-,27+/m0/s1. The third-order valence-electron chi connectivity index (χ3n) is 7.36. The van der Waals surface area contributed by atoms with Gasteiger partial charge in [0.1, 0.15) is 11.2 Å². The highest BCUT2D eigenvalue weighted by Crippen LogP contribution is 2.61. The number of likely N-dealkylation sites (tertiary alicyclic amines) is 1. The molecule has 192 valence electrons. The third kappa shape index (κ3) is 4.04. The van der Waals surface area contributed by atoms with Gasteiger partial charge in [0, 0.05) is 24.3 Å². The van der Waals surface area contributed by atoms with Gasteiger partial charge in [-0.25, -0.2) is 0 Å². The van der Waals surface area contributed by atoms with Gasteiger partial charge in [0.2, 0.25) is 0 Å². The van der Waals surface area contributed by atoms with Crippen molar-refractivity contribution < 1.29 is 33.7 Å². The van der Waals surface area contributed by atoms with Crippen molar-refractivity contribution >= 4 is 29.4 Å². The number of esters is 1. The highest BCUT2D eigenvalue weighted by Gasteiger charge is 2.74. The zero-order chi connectivity index (χ0) is 25.9. The minimum absolute atomic E-state index is 0.169. The topological polar surface area (TPSA) is 102 Å². The van der Waals surface area contributed by atoms with E-state index in [4.69, 9.17) is 14.2 Å². The van der Waals surface area contributed by atoms with Crippen LogP contribution in [0.4, 0.5) is 0 Å². The molecule has 8 nitrogen and oxygen atoms in total. The van der Waals surface area contributed by atoms with Gasteiger partial charge in [0.25, 0.3) is 5.91 Å². The quantitative estimate of drug-likeness (QED) is 0.310. The lowest BCUT2D eigenvalue weighted by Crippen LogP contribution is -2.60. The van der Waals surface area contributed by atoms with E-state index in [2.05, 4.69) is 0 Å². The second-order valence-corrected chi connectivity index (χ2v) is 10.2. The van der Waals surface area contributed by atoms with Crippen LogP contribution in [-0.2, 0) is 24.7 Å². The lowest BCUT2D eigenvalue weighted by atomic mass is 9.57. The van der Waals surface area contributed by atoms with Crippen molar-refractivity contribution in [1.82, 2.24) is 4.90 Å². The zero-order valence-electron chi connectivity index (χ0n) is 20.7. The Labute approximate surface area is 214 Å². The number of ether oxygens (including phenoxy) is 3. The summed E-state index contributed by atoms with van der Waals surface area (Å²) in [5, 5.41) is 11.3. The predicted molar refractivity (Wildman–Crippen MR) is 134 cm³/mol. The highest BCUT2D eigenvalue weighted by molar-refractivity contribution is 7.99. The van der Waals surface area contributed by atoms with E-state index >= 15 is 0 Å². The predicted octanol–water partition coefficient (Wildman–Crippen LogP) is 3.20. The first kappa shape index (κ1) is 26.0. The zero-order valence-corrected chi connectivity index (χ0v) is 21.5. The molecular weight excluding hydrogens is 482 g/mol. The number of fused-ring (bicyclic) bond motifs is 1. The maximum Gasteiger partial charge on any atom is 0.318 e. The van der Waals surface area contributed by atoms with Gasteiger partial charge in [-0.3, -0.25) is 14.4 Å². The van der Waals surface area contributed by atoms with Gasteiger partial charge in [-0.2, -0.15) is 0 Å². The molecule has 1 saturated carbocycles. The van der Waals surface area contributed by atoms with Crippen LogP contribution in [-0.4, -0.2) is 67.4 Å². The number of amides is 1. The van der Waals surface area contributed by atoms with Crippen molar-refractivity contribution in [2.45, 2.75) is 42.2 Å². The van der Waals surface area contributed by atoms with Crippen LogP contribution in [0.2, 0.25) is 0 Å². The van der Waals surface area contributed by atoms with Crippen molar-refractivity contribution in [2.75, 3.05) is 33.6 Å². The summed E-state index contributed by atoms with van der Waals surface area (Å²) in [4.78, 5) is 42.4. The average Bonchev–Trinajstić information content (AvgIpc) is 3.10. The number of rotatable bonds is 9. The van der Waals surface area contributed by atoms with Crippen molar-refractivity contribution in [3.63, 3.8) is 0 Å². The fraction of sp³-hybridized carbons (Fsp3) is 0.444. The Balaban J connectivity index is 1.78. The van der Waals surface area contributed by atoms with Crippen LogP contribution >= 0.6 is 11.8 Å². The number of ketones is 1.